The largest absolute Gasteiger partial charge is 0.478 e. The Morgan fingerprint density at radius 1 is 0.535 bits per heavy atom. The fourth-order valence-electron chi connectivity index (χ4n) is 5.83. The van der Waals surface area contributed by atoms with Crippen LogP contribution in [0.25, 0.3) is 43.1 Å². The van der Waals surface area contributed by atoms with Gasteiger partial charge in [0, 0.05) is 10.8 Å². The highest BCUT2D eigenvalue weighted by molar-refractivity contribution is 6.24. The van der Waals surface area contributed by atoms with Crippen LogP contribution >= 0.6 is 0 Å². The third-order valence-electron chi connectivity index (χ3n) is 7.99. The number of ether oxygens (including phenoxy) is 1. The maximum Gasteiger partial charge on any atom is 0.346 e. The average molecular weight is 571 g/mol. The summed E-state index contributed by atoms with van der Waals surface area (Å²) in [4.78, 5) is 51.8. The van der Waals surface area contributed by atoms with Gasteiger partial charge < -0.3 is 14.9 Å². The summed E-state index contributed by atoms with van der Waals surface area (Å²) in [5, 5.41) is 24.5. The number of carboxylic acid groups (broad SMARTS) is 2. The number of carbonyl (C=O) groups is 4. The number of esters is 2. The van der Waals surface area contributed by atoms with Crippen molar-refractivity contribution in [2.24, 2.45) is 0 Å². The predicted molar refractivity (Wildman–Crippen MR) is 165 cm³/mol. The number of benzene rings is 6. The third kappa shape index (κ3) is 4.65. The molecule has 0 bridgehead atoms. The van der Waals surface area contributed by atoms with E-state index in [1.807, 2.05) is 50.2 Å². The Kier molecular flexibility index (Phi) is 6.86. The van der Waals surface area contributed by atoms with Crippen LogP contribution in [-0.4, -0.2) is 34.1 Å². The van der Waals surface area contributed by atoms with E-state index in [-0.39, 0.29) is 33.0 Å². The Labute approximate surface area is 245 Å². The Morgan fingerprint density at radius 2 is 0.953 bits per heavy atom. The first kappa shape index (κ1) is 27.6. The molecule has 6 rings (SSSR count). The van der Waals surface area contributed by atoms with Gasteiger partial charge in [-0.05, 0) is 80.6 Å². The second-order valence-corrected chi connectivity index (χ2v) is 10.4. The maximum absolute atomic E-state index is 13.6. The second kappa shape index (κ2) is 10.7. The number of fused-ring (bicyclic) bond motifs is 6. The minimum absolute atomic E-state index is 0.0798. The summed E-state index contributed by atoms with van der Waals surface area (Å²) in [6.07, 6.45) is 1.54. The number of rotatable bonds is 6. The van der Waals surface area contributed by atoms with Crippen molar-refractivity contribution in [3.05, 3.63) is 118 Å². The van der Waals surface area contributed by atoms with Crippen LogP contribution in [0.3, 0.4) is 0 Å². The fourth-order valence-corrected chi connectivity index (χ4v) is 5.83. The van der Waals surface area contributed by atoms with Crippen LogP contribution in [0.4, 0.5) is 0 Å². The van der Waals surface area contributed by atoms with Crippen LogP contribution in [0.5, 0.6) is 0 Å². The van der Waals surface area contributed by atoms with E-state index in [0.29, 0.717) is 21.5 Å². The summed E-state index contributed by atoms with van der Waals surface area (Å²) in [5.41, 5.74) is 1.74. The second-order valence-electron chi connectivity index (χ2n) is 10.4. The molecular weight excluding hydrogens is 544 g/mol. The van der Waals surface area contributed by atoms with Crippen LogP contribution in [-0.2, 0) is 17.6 Å². The summed E-state index contributed by atoms with van der Waals surface area (Å²) in [5.74, 6) is -4.52. The molecule has 0 unspecified atom stereocenters. The number of carbonyl (C=O) groups excluding carboxylic acids is 2. The van der Waals surface area contributed by atoms with Crippen molar-refractivity contribution in [1.82, 2.24) is 0 Å². The lowest BCUT2D eigenvalue weighted by atomic mass is 9.92. The highest BCUT2D eigenvalue weighted by atomic mass is 16.6. The van der Waals surface area contributed by atoms with Crippen LogP contribution in [0.15, 0.2) is 84.9 Å². The van der Waals surface area contributed by atoms with Crippen molar-refractivity contribution >= 4 is 67.0 Å². The first-order chi connectivity index (χ1) is 20.7. The number of aryl methyl sites for hydroxylation is 2. The van der Waals surface area contributed by atoms with E-state index < -0.39 is 23.9 Å². The molecule has 7 nitrogen and oxygen atoms in total. The summed E-state index contributed by atoms with van der Waals surface area (Å²) >= 11 is 0. The Balaban J connectivity index is 1.50. The summed E-state index contributed by atoms with van der Waals surface area (Å²) in [7, 11) is 0. The van der Waals surface area contributed by atoms with E-state index in [0.717, 1.165) is 34.7 Å². The van der Waals surface area contributed by atoms with E-state index in [4.69, 9.17) is 4.74 Å². The van der Waals surface area contributed by atoms with Crippen molar-refractivity contribution in [3.8, 4) is 0 Å². The summed E-state index contributed by atoms with van der Waals surface area (Å²) in [6.45, 7) is 4.02. The van der Waals surface area contributed by atoms with Crippen molar-refractivity contribution in [2.75, 3.05) is 0 Å². The zero-order valence-electron chi connectivity index (χ0n) is 23.4. The molecule has 0 radical (unpaired) electrons. The minimum atomic E-state index is -1.23. The van der Waals surface area contributed by atoms with E-state index in [9.17, 15) is 29.4 Å². The lowest BCUT2D eigenvalue weighted by Crippen LogP contribution is -2.15. The smallest absolute Gasteiger partial charge is 0.346 e. The van der Waals surface area contributed by atoms with Crippen LogP contribution < -0.4 is 0 Å². The maximum atomic E-state index is 13.6. The molecule has 0 aliphatic carbocycles. The standard InChI is InChI=1S/C36H26O7/c1-3-19-11-13-21-17-29(33(37)38)31-23(27(21)15-19)7-5-9-25(31)35(41)43-36(42)26-10-6-8-24-28-16-20(4-2)12-14-22(28)18-30(32(24)26)34(39)40/h5-18H,3-4H2,1-2H3,(H,37,38)(H,39,40). The molecule has 0 atom stereocenters. The molecule has 6 aromatic rings. The molecule has 212 valence electrons. The topological polar surface area (TPSA) is 118 Å². The fraction of sp³-hybridized carbons (Fsp3) is 0.111. The van der Waals surface area contributed by atoms with E-state index in [2.05, 4.69) is 0 Å². The SMILES string of the molecule is CCc1ccc2cc(C(=O)O)c3c(C(=O)OC(=O)c4cccc5c4c(C(=O)O)cc4ccc(CC)cc45)cccc3c2c1. The molecule has 7 heteroatoms. The Hall–Kier alpha value is -5.56. The van der Waals surface area contributed by atoms with Crippen LogP contribution in [0.1, 0.15) is 66.4 Å². The highest BCUT2D eigenvalue weighted by Crippen LogP contribution is 2.35. The number of carboxylic acids is 2. The molecule has 0 aliphatic rings. The van der Waals surface area contributed by atoms with Crippen LogP contribution in [0.2, 0.25) is 0 Å². The van der Waals surface area contributed by atoms with Crippen LogP contribution in [0, 0.1) is 0 Å². The molecule has 0 aliphatic heterocycles. The van der Waals surface area contributed by atoms with Crippen molar-refractivity contribution in [1.29, 1.82) is 0 Å². The van der Waals surface area contributed by atoms with Crippen molar-refractivity contribution < 1.29 is 34.1 Å². The first-order valence-electron chi connectivity index (χ1n) is 13.9. The average Bonchev–Trinajstić information content (AvgIpc) is 3.02. The molecule has 0 saturated carbocycles. The Bertz CT molecular complexity index is 2020. The van der Waals surface area contributed by atoms with Gasteiger partial charge in [-0.3, -0.25) is 0 Å². The molecule has 43 heavy (non-hydrogen) atoms. The van der Waals surface area contributed by atoms with Crippen molar-refractivity contribution in [3.63, 3.8) is 0 Å². The Morgan fingerprint density at radius 3 is 1.33 bits per heavy atom. The zero-order chi connectivity index (χ0) is 30.4. The molecule has 0 spiro atoms. The van der Waals surface area contributed by atoms with E-state index in [1.165, 1.54) is 24.3 Å². The van der Waals surface area contributed by atoms with Crippen molar-refractivity contribution in [2.45, 2.75) is 26.7 Å². The molecule has 6 aromatic carbocycles. The quantitative estimate of drug-likeness (QED) is 0.119. The third-order valence-corrected chi connectivity index (χ3v) is 7.99. The van der Waals surface area contributed by atoms with Gasteiger partial charge in [0.05, 0.1) is 22.3 Å². The van der Waals surface area contributed by atoms with E-state index >= 15 is 0 Å². The van der Waals surface area contributed by atoms with Gasteiger partial charge in [-0.25, -0.2) is 19.2 Å². The normalized spacial score (nSPS) is 11.3. The van der Waals surface area contributed by atoms with E-state index in [1.54, 1.807) is 24.3 Å². The van der Waals surface area contributed by atoms with Gasteiger partial charge in [0.25, 0.3) is 0 Å². The molecule has 0 aromatic heterocycles. The monoisotopic (exact) mass is 570 g/mol. The molecular formula is C36H26O7. The van der Waals surface area contributed by atoms with Gasteiger partial charge >= 0.3 is 23.9 Å². The van der Waals surface area contributed by atoms with Gasteiger partial charge in [0.15, 0.2) is 0 Å². The number of hydrogen-bond acceptors (Lipinski definition) is 5. The lowest BCUT2D eigenvalue weighted by Gasteiger charge is -2.14. The molecule has 0 fully saturated rings. The number of aromatic carboxylic acids is 2. The first-order valence-corrected chi connectivity index (χ1v) is 13.9. The number of hydrogen-bond donors (Lipinski definition) is 2. The van der Waals surface area contributed by atoms with Gasteiger partial charge in [0.1, 0.15) is 0 Å². The van der Waals surface area contributed by atoms with Gasteiger partial charge in [-0.1, -0.05) is 74.5 Å². The lowest BCUT2D eigenvalue weighted by molar-refractivity contribution is 0.0400. The minimum Gasteiger partial charge on any atom is -0.478 e. The molecule has 0 amide bonds. The van der Waals surface area contributed by atoms with Gasteiger partial charge in [-0.2, -0.15) is 0 Å². The van der Waals surface area contributed by atoms with Gasteiger partial charge in [-0.15, -0.1) is 0 Å². The zero-order valence-corrected chi connectivity index (χ0v) is 23.4. The summed E-state index contributed by atoms with van der Waals surface area (Å²) in [6, 6.07) is 24.1. The summed E-state index contributed by atoms with van der Waals surface area (Å²) < 4.78 is 5.36. The molecule has 0 saturated heterocycles. The van der Waals surface area contributed by atoms with Gasteiger partial charge in [0.2, 0.25) is 0 Å². The predicted octanol–water partition coefficient (Wildman–Crippen LogP) is 7.82. The highest BCUT2D eigenvalue weighted by Gasteiger charge is 2.25. The molecule has 0 heterocycles. The molecule has 2 N–H and O–H groups in total.